The number of benzene rings is 1. The average Bonchev–Trinajstić information content (AvgIpc) is 0.882. The summed E-state index contributed by atoms with van der Waals surface area (Å²) in [7, 11) is 4.58. The van der Waals surface area contributed by atoms with Gasteiger partial charge in [0.05, 0.1) is 86.2 Å². The van der Waals surface area contributed by atoms with E-state index in [0.29, 0.717) is 18.5 Å². The number of cyclic esters (lactones) is 1. The SMILES string of the molecule is CCN1CCCC1CNC(=O)C1C(O)CC2(O)CC(O)CC(O)CC(O)CC(O)CC(=O)CC(O)CC(=O)OC(C(C)CCC(O)CC(=O)c3ccc(NC)cc3)C(C)/C=C/C=C/C=C/C=C/C=C/C=C/C=C/C(O[C@@H]3O[C@H](C)[C@@H](O)[C@H]([NH3+])[C@@H]3O)CC1O2.CNC(CC(=O)O)C(=O)O.CNC(CC(=O)O)C(=O)O. The van der Waals surface area contributed by atoms with Crippen LogP contribution in [0.4, 0.5) is 5.69 Å². The lowest BCUT2D eigenvalue weighted by molar-refractivity contribution is -0.488. The number of aliphatic hydroxyl groups excluding tert-OH is 9. The topological polar surface area (TPSA) is 536 Å². The number of allylic oxidation sites excluding steroid dienone is 12. The molecule has 5 rings (SSSR count). The van der Waals surface area contributed by atoms with Gasteiger partial charge in [-0.3, -0.25) is 43.3 Å². The largest absolute Gasteiger partial charge is 0.481 e. The van der Waals surface area contributed by atoms with E-state index in [9.17, 15) is 89.4 Å². The summed E-state index contributed by atoms with van der Waals surface area (Å²) in [5.41, 5.74) is 5.23. The second-order valence-corrected chi connectivity index (χ2v) is 27.9. The Balaban J connectivity index is 0.00000132. The molecule has 0 saturated carbocycles. The van der Waals surface area contributed by atoms with Gasteiger partial charge in [-0.1, -0.05) is 106 Å². The summed E-state index contributed by atoms with van der Waals surface area (Å²) in [6.07, 6.45) is 5.16. The van der Waals surface area contributed by atoms with Crippen molar-refractivity contribution in [1.29, 1.82) is 0 Å². The third-order valence-corrected chi connectivity index (χ3v) is 18.9. The molecule has 0 radical (unpaired) electrons. The van der Waals surface area contributed by atoms with E-state index < -0.39 is 208 Å². The standard InChI is InChI=1S/C66H100N4O18.2C5H9NO4/c1-6-70-29-19-21-46(70)40-69-64(83)59-56(79)39-66(84)38-53(77)34-51(75)32-49(73)30-48(72)31-50(74)33-52(76)36-58(80)87-63(42(3)23-28-47(71)35-55(78)44-24-26-45(68-5)27-25-44)41(2)20-17-15-13-11-9-7-8-10-12-14-16-18-22-54(37-57(59)88-66)86-65-62(82)60(67)61(81)43(4)85-65;2*1-6-3(5(9)10)2-4(7)8/h7-18,20,22,24-27,41-43,46-49,51-54,56-57,59-63,65,68,71-73,75-77,79,81-82,84H,6,19,21,23,28-40,67H2,1-5H3,(H,69,83);2*3,6H,2H2,1H3,(H,7,8)(H,9,10)/p+1/b8-7+,11-9+,12-10+,15-13+,16-14+,20-17+,22-18+;;/t41?,42?,43-,46?,47?,48?,49?,51?,52?,53?,54?,56?,57?,59?,60+,61-,62+,63?,65+,66?;;/m1../s1. The predicted octanol–water partition coefficient (Wildman–Crippen LogP) is 0.812. The maximum absolute atomic E-state index is 14.2. The molecule has 32 nitrogen and oxygen atoms in total. The molecule has 3 fully saturated rings. The van der Waals surface area contributed by atoms with Gasteiger partial charge in [0.25, 0.3) is 0 Å². The maximum atomic E-state index is 14.2. The first-order valence-corrected chi connectivity index (χ1v) is 36.7. The van der Waals surface area contributed by atoms with Crippen molar-refractivity contribution in [2.24, 2.45) is 17.8 Å². The van der Waals surface area contributed by atoms with Gasteiger partial charge in [0.2, 0.25) is 5.91 Å². The molecule has 17 unspecified atom stereocenters. The van der Waals surface area contributed by atoms with Crippen LogP contribution in [0.15, 0.2) is 109 Å². The predicted molar refractivity (Wildman–Crippen MR) is 395 cm³/mol. The van der Waals surface area contributed by atoms with E-state index >= 15 is 0 Å². The van der Waals surface area contributed by atoms with Crippen molar-refractivity contribution in [2.75, 3.05) is 46.1 Å². The fourth-order valence-electron chi connectivity index (χ4n) is 13.0. The van der Waals surface area contributed by atoms with Gasteiger partial charge < -0.3 is 117 Å². The number of rotatable bonds is 22. The van der Waals surface area contributed by atoms with E-state index in [1.165, 1.54) is 14.1 Å². The number of ether oxygens (including phenoxy) is 4. The van der Waals surface area contributed by atoms with Crippen molar-refractivity contribution in [3.05, 3.63) is 115 Å². The van der Waals surface area contributed by atoms with Crippen molar-refractivity contribution in [2.45, 2.75) is 246 Å². The highest BCUT2D eigenvalue weighted by molar-refractivity contribution is 5.96. The zero-order chi connectivity index (χ0) is 80.8. The van der Waals surface area contributed by atoms with E-state index in [4.69, 9.17) is 39.4 Å². The number of nitrogens with zero attached hydrogens (tertiary/aromatic N) is 1. The average molecular weight is 1530 g/mol. The third-order valence-electron chi connectivity index (χ3n) is 18.9. The molecule has 32 heteroatoms. The van der Waals surface area contributed by atoms with Gasteiger partial charge in [-0.2, -0.15) is 0 Å². The Hall–Kier alpha value is -7.32. The van der Waals surface area contributed by atoms with Crippen molar-refractivity contribution in [1.82, 2.24) is 20.9 Å². The summed E-state index contributed by atoms with van der Waals surface area (Å²) >= 11 is 0. The Labute approximate surface area is 630 Å². The molecule has 1 aromatic carbocycles. The minimum absolute atomic E-state index is 0.0713. The molecular formula is C76H119N6O26+. The highest BCUT2D eigenvalue weighted by Gasteiger charge is 2.51. The molecule has 3 saturated heterocycles. The molecule has 1 amide bonds. The van der Waals surface area contributed by atoms with Gasteiger partial charge in [-0.25, -0.2) is 0 Å². The number of Topliss-reactive ketones (excluding diaryl/α,β-unsaturated/α-hetero) is 2. The fourth-order valence-corrected chi connectivity index (χ4v) is 13.0. The number of likely N-dealkylation sites (tertiary alicyclic amines) is 1. The summed E-state index contributed by atoms with van der Waals surface area (Å²) in [4.78, 5) is 96.1. The van der Waals surface area contributed by atoms with E-state index in [0.717, 1.165) is 31.6 Å². The Kier molecular flexibility index (Phi) is 43.7. The third kappa shape index (κ3) is 35.6. The molecule has 22 atom stereocenters. The number of ketones is 2. The summed E-state index contributed by atoms with van der Waals surface area (Å²) in [5.74, 6) is -10.9. The normalized spacial score (nSPS) is 33.0. The molecule has 108 heavy (non-hydrogen) atoms. The molecule has 0 aliphatic carbocycles. The molecule has 2 bridgehead atoms. The number of aliphatic carboxylic acids is 4. The lowest BCUT2D eigenvalue weighted by Gasteiger charge is -2.46. The van der Waals surface area contributed by atoms with Crippen molar-refractivity contribution in [3.63, 3.8) is 0 Å². The van der Waals surface area contributed by atoms with E-state index in [2.05, 4.69) is 31.9 Å². The second kappa shape index (κ2) is 49.8. The number of carboxylic acids is 4. The van der Waals surface area contributed by atoms with Crippen LogP contribution in [0.2, 0.25) is 0 Å². The lowest BCUT2D eigenvalue weighted by Crippen LogP contribution is -2.78. The van der Waals surface area contributed by atoms with Crippen LogP contribution < -0.4 is 27.0 Å². The maximum Gasteiger partial charge on any atom is 0.321 e. The quantitative estimate of drug-likeness (QED) is 0.0564. The van der Waals surface area contributed by atoms with Crippen LogP contribution >= 0.6 is 0 Å². The number of aliphatic hydroxyl groups is 10. The Morgan fingerprint density at radius 2 is 1.19 bits per heavy atom. The van der Waals surface area contributed by atoms with Crippen LogP contribution in [0, 0.1) is 17.8 Å². The number of esters is 1. The lowest BCUT2D eigenvalue weighted by atomic mass is 9.82. The van der Waals surface area contributed by atoms with Crippen molar-refractivity contribution >= 4 is 53.0 Å². The van der Waals surface area contributed by atoms with Gasteiger partial charge in [-0.05, 0) is 109 Å². The number of hydrogen-bond acceptors (Lipinski definition) is 26. The number of nitrogens with one attached hydrogen (secondary N) is 4. The number of carboxylic acid groups (broad SMARTS) is 4. The highest BCUT2D eigenvalue weighted by atomic mass is 16.7. The number of anilines is 1. The zero-order valence-electron chi connectivity index (χ0n) is 62.8. The van der Waals surface area contributed by atoms with E-state index in [1.54, 1.807) is 99.0 Å². The molecule has 0 spiro atoms. The summed E-state index contributed by atoms with van der Waals surface area (Å²) in [6.45, 7) is 9.34. The van der Waals surface area contributed by atoms with Crippen LogP contribution in [0.5, 0.6) is 0 Å². The molecule has 1 aromatic rings. The molecule has 21 N–H and O–H groups in total. The van der Waals surface area contributed by atoms with Crippen LogP contribution in [0.3, 0.4) is 0 Å². The molecule has 608 valence electrons. The summed E-state index contributed by atoms with van der Waals surface area (Å²) in [5, 5.41) is 155. The number of carbonyl (C=O) groups is 8. The highest BCUT2D eigenvalue weighted by Crippen LogP contribution is 2.39. The molecule has 0 aromatic heterocycles. The number of hydrogen-bond donors (Lipinski definition) is 19. The summed E-state index contributed by atoms with van der Waals surface area (Å²) in [6, 6.07) is 4.13. The molecule has 4 heterocycles. The smallest absolute Gasteiger partial charge is 0.321 e. The Morgan fingerprint density at radius 1 is 0.667 bits per heavy atom. The van der Waals surface area contributed by atoms with Crippen molar-refractivity contribution in [3.8, 4) is 0 Å². The van der Waals surface area contributed by atoms with E-state index in [-0.39, 0.29) is 55.8 Å². The van der Waals surface area contributed by atoms with Gasteiger partial charge in [0.1, 0.15) is 36.1 Å². The fraction of sp³-hybridized carbons (Fsp3) is 0.632. The van der Waals surface area contributed by atoms with Gasteiger partial charge in [0, 0.05) is 75.3 Å². The first-order valence-electron chi connectivity index (χ1n) is 36.7. The van der Waals surface area contributed by atoms with Crippen molar-refractivity contribution < 1.29 is 135 Å². The first kappa shape index (κ1) is 94.9. The molecule has 4 aliphatic heterocycles. The van der Waals surface area contributed by atoms with E-state index in [1.807, 2.05) is 45.1 Å². The number of amides is 1. The number of carbonyl (C=O) groups excluding carboxylic acids is 4. The van der Waals surface area contributed by atoms with Crippen LogP contribution in [0.1, 0.15) is 141 Å². The van der Waals surface area contributed by atoms with Crippen LogP contribution in [0.25, 0.3) is 0 Å². The monoisotopic (exact) mass is 1530 g/mol. The van der Waals surface area contributed by atoms with Gasteiger partial charge >= 0.3 is 29.8 Å². The second-order valence-electron chi connectivity index (χ2n) is 27.9. The van der Waals surface area contributed by atoms with Gasteiger partial charge in [-0.15, -0.1) is 0 Å². The first-order chi connectivity index (χ1) is 51.0. The Morgan fingerprint density at radius 3 is 1.71 bits per heavy atom. The molecular weight excluding hydrogens is 1410 g/mol. The zero-order valence-corrected chi connectivity index (χ0v) is 62.8. The Bertz CT molecular complexity index is 3120. The molecule has 4 aliphatic rings. The number of quaternary nitrogens is 1. The number of likely N-dealkylation sites (N-methyl/N-ethyl adjacent to an activating group) is 3. The minimum atomic E-state index is -2.27. The minimum Gasteiger partial charge on any atom is -0.481 e. The van der Waals surface area contributed by atoms with Crippen LogP contribution in [-0.2, 0) is 52.5 Å². The van der Waals surface area contributed by atoms with Crippen LogP contribution in [-0.4, -0.2) is 280 Å². The van der Waals surface area contributed by atoms with Gasteiger partial charge in [0.15, 0.2) is 24.0 Å². The summed E-state index contributed by atoms with van der Waals surface area (Å²) < 4.78 is 24.6. The number of fused-ring (bicyclic) bond motifs is 2.